The summed E-state index contributed by atoms with van der Waals surface area (Å²) in [7, 11) is 3.02. The normalized spacial score (nSPS) is 27.7. The zero-order valence-electron chi connectivity index (χ0n) is 20.1. The first-order valence-electron chi connectivity index (χ1n) is 12.1. The van der Waals surface area contributed by atoms with Crippen molar-refractivity contribution in [2.45, 2.75) is 57.2 Å². The summed E-state index contributed by atoms with van der Waals surface area (Å²) in [6.07, 6.45) is 7.60. The monoisotopic (exact) mass is 480 g/mol. The van der Waals surface area contributed by atoms with E-state index in [0.717, 1.165) is 33.9 Å². The highest BCUT2D eigenvalue weighted by Crippen LogP contribution is 2.61. The van der Waals surface area contributed by atoms with Crippen LogP contribution in [0.3, 0.4) is 0 Å². The lowest BCUT2D eigenvalue weighted by atomic mass is 9.48. The molecule has 4 bridgehead atoms. The second kappa shape index (κ2) is 9.73. The molecule has 4 fully saturated rings. The fraction of sp³-hybridized carbons (Fsp3) is 0.536. The van der Waals surface area contributed by atoms with Crippen molar-refractivity contribution in [3.8, 4) is 17.6 Å². The molecule has 2 aromatic rings. The van der Waals surface area contributed by atoms with Crippen LogP contribution in [-0.4, -0.2) is 33.3 Å². The smallest absolute Gasteiger partial charge is 0.348 e. The average Bonchev–Trinajstić information content (AvgIpc) is 3.31. The van der Waals surface area contributed by atoms with Crippen molar-refractivity contribution in [1.82, 2.24) is 0 Å². The molecule has 0 spiro atoms. The van der Waals surface area contributed by atoms with E-state index in [4.69, 9.17) is 18.9 Å². The molecule has 0 aliphatic heterocycles. The molecule has 5 nitrogen and oxygen atoms in total. The fourth-order valence-electron chi connectivity index (χ4n) is 6.60. The Hall–Kier alpha value is -2.33. The first-order chi connectivity index (χ1) is 16.5. The highest BCUT2D eigenvalue weighted by Gasteiger charge is 2.52. The Morgan fingerprint density at radius 3 is 2.41 bits per heavy atom. The largest absolute Gasteiger partial charge is 0.467 e. The van der Waals surface area contributed by atoms with Gasteiger partial charge in [-0.05, 0) is 98.9 Å². The summed E-state index contributed by atoms with van der Waals surface area (Å²) in [6, 6.07) is 9.94. The van der Waals surface area contributed by atoms with Crippen molar-refractivity contribution < 1.29 is 23.7 Å². The summed E-state index contributed by atoms with van der Waals surface area (Å²) in [6.45, 7) is 2.02. The number of hydrogen-bond acceptors (Lipinski definition) is 6. The van der Waals surface area contributed by atoms with E-state index < -0.39 is 0 Å². The maximum absolute atomic E-state index is 11.7. The second-order valence-electron chi connectivity index (χ2n) is 10.0. The van der Waals surface area contributed by atoms with Gasteiger partial charge in [-0.2, -0.15) is 0 Å². The van der Waals surface area contributed by atoms with Gasteiger partial charge in [0.15, 0.2) is 13.1 Å². The second-order valence-corrected chi connectivity index (χ2v) is 11.1. The van der Waals surface area contributed by atoms with Gasteiger partial charge in [0, 0.05) is 18.2 Å². The number of benzene rings is 1. The number of esters is 1. The van der Waals surface area contributed by atoms with E-state index in [2.05, 4.69) is 17.9 Å². The summed E-state index contributed by atoms with van der Waals surface area (Å²) in [5, 5.41) is 0. The minimum atomic E-state index is -0.325. The molecule has 0 amide bonds. The van der Waals surface area contributed by atoms with Crippen LogP contribution in [0.5, 0.6) is 5.75 Å². The third-order valence-electron chi connectivity index (χ3n) is 7.76. The van der Waals surface area contributed by atoms with Crippen molar-refractivity contribution in [2.24, 2.45) is 17.8 Å². The van der Waals surface area contributed by atoms with E-state index in [-0.39, 0.29) is 24.5 Å². The molecule has 0 saturated heterocycles. The molecule has 0 N–H and O–H groups in total. The Balaban J connectivity index is 1.44. The van der Waals surface area contributed by atoms with E-state index in [1.54, 1.807) is 13.2 Å². The van der Waals surface area contributed by atoms with Gasteiger partial charge >= 0.3 is 5.97 Å². The van der Waals surface area contributed by atoms with Crippen LogP contribution >= 0.6 is 11.3 Å². The average molecular weight is 481 g/mol. The van der Waals surface area contributed by atoms with Crippen LogP contribution in [0.4, 0.5) is 0 Å². The quantitative estimate of drug-likeness (QED) is 0.287. The zero-order chi connectivity index (χ0) is 23.7. The van der Waals surface area contributed by atoms with Crippen molar-refractivity contribution in [2.75, 3.05) is 21.0 Å². The molecule has 34 heavy (non-hydrogen) atoms. The predicted octanol–water partition coefficient (Wildman–Crippen LogP) is 5.75. The Labute approximate surface area is 205 Å². The fourth-order valence-corrected chi connectivity index (χ4v) is 7.38. The third kappa shape index (κ3) is 4.75. The van der Waals surface area contributed by atoms with Gasteiger partial charge in [0.05, 0.1) is 12.0 Å². The van der Waals surface area contributed by atoms with Crippen molar-refractivity contribution in [3.05, 3.63) is 51.2 Å². The Morgan fingerprint density at radius 1 is 1.06 bits per heavy atom. The summed E-state index contributed by atoms with van der Waals surface area (Å²) in [5.74, 6) is 9.62. The minimum Gasteiger partial charge on any atom is -0.467 e. The summed E-state index contributed by atoms with van der Waals surface area (Å²) < 4.78 is 21.8. The standard InChI is InChI=1S/C28H32O5S/c1-18(30-2)32-17-33-25-8-5-19(4-6-23-7-9-26(34-23)27(29)31-3)13-24(25)28-14-20-10-21(15-28)12-22(11-20)16-28/h5,7-9,13,18,20-22H,10-12,14-17H2,1-3H3. The molecule has 1 atom stereocenters. The molecule has 1 aromatic heterocycles. The first-order valence-corrected chi connectivity index (χ1v) is 12.9. The van der Waals surface area contributed by atoms with Crippen LogP contribution in [0.1, 0.15) is 71.1 Å². The molecule has 4 aliphatic rings. The number of rotatable bonds is 7. The maximum Gasteiger partial charge on any atom is 0.348 e. The van der Waals surface area contributed by atoms with Gasteiger partial charge in [0.25, 0.3) is 0 Å². The third-order valence-corrected chi connectivity index (χ3v) is 8.74. The minimum absolute atomic E-state index is 0.158. The molecule has 1 unspecified atom stereocenters. The maximum atomic E-state index is 11.7. The summed E-state index contributed by atoms with van der Waals surface area (Å²) in [4.78, 5) is 13.2. The number of carbonyl (C=O) groups is 1. The Morgan fingerprint density at radius 2 is 1.76 bits per heavy atom. The number of thiophene rings is 1. The predicted molar refractivity (Wildman–Crippen MR) is 131 cm³/mol. The van der Waals surface area contributed by atoms with Crippen molar-refractivity contribution in [1.29, 1.82) is 0 Å². The molecule has 4 saturated carbocycles. The van der Waals surface area contributed by atoms with Gasteiger partial charge < -0.3 is 18.9 Å². The van der Waals surface area contributed by atoms with Crippen LogP contribution < -0.4 is 4.74 Å². The van der Waals surface area contributed by atoms with E-state index in [1.807, 2.05) is 25.1 Å². The molecule has 4 aliphatic carbocycles. The van der Waals surface area contributed by atoms with Gasteiger partial charge in [0.1, 0.15) is 10.6 Å². The van der Waals surface area contributed by atoms with E-state index >= 15 is 0 Å². The van der Waals surface area contributed by atoms with E-state index in [1.165, 1.54) is 62.5 Å². The molecule has 1 heterocycles. The Bertz CT molecular complexity index is 1070. The zero-order valence-corrected chi connectivity index (χ0v) is 20.9. The molecular weight excluding hydrogens is 448 g/mol. The number of hydrogen-bond donors (Lipinski definition) is 0. The highest BCUT2D eigenvalue weighted by atomic mass is 32.1. The van der Waals surface area contributed by atoms with Crippen LogP contribution in [-0.2, 0) is 19.6 Å². The van der Waals surface area contributed by atoms with Crippen LogP contribution in [0.2, 0.25) is 0 Å². The highest BCUT2D eigenvalue weighted by molar-refractivity contribution is 7.14. The van der Waals surface area contributed by atoms with Crippen molar-refractivity contribution >= 4 is 17.3 Å². The topological polar surface area (TPSA) is 54.0 Å². The lowest BCUT2D eigenvalue weighted by Crippen LogP contribution is -2.48. The van der Waals surface area contributed by atoms with Crippen LogP contribution in [0.25, 0.3) is 0 Å². The van der Waals surface area contributed by atoms with E-state index in [0.29, 0.717) is 4.88 Å². The van der Waals surface area contributed by atoms with Crippen LogP contribution in [0, 0.1) is 29.6 Å². The van der Waals surface area contributed by atoms with Gasteiger partial charge in [-0.1, -0.05) is 11.8 Å². The SMILES string of the molecule is COC(=O)c1ccc(C#Cc2ccc(OCOC(C)OC)c(C34CC5CC(CC(C5)C3)C4)c2)s1. The van der Waals surface area contributed by atoms with Crippen molar-refractivity contribution in [3.63, 3.8) is 0 Å². The van der Waals surface area contributed by atoms with Crippen LogP contribution in [0.15, 0.2) is 30.3 Å². The summed E-state index contributed by atoms with van der Waals surface area (Å²) >= 11 is 1.35. The summed E-state index contributed by atoms with van der Waals surface area (Å²) in [5.41, 5.74) is 2.43. The van der Waals surface area contributed by atoms with Gasteiger partial charge in [-0.3, -0.25) is 0 Å². The molecular formula is C28H32O5S. The first kappa shape index (κ1) is 23.4. The molecule has 6 heteroatoms. The van der Waals surface area contributed by atoms with E-state index in [9.17, 15) is 4.79 Å². The Kier molecular flexibility index (Phi) is 6.70. The number of carbonyl (C=O) groups excluding carboxylic acids is 1. The number of methoxy groups -OCH3 is 2. The number of ether oxygens (including phenoxy) is 4. The molecule has 1 aromatic carbocycles. The van der Waals surface area contributed by atoms with Gasteiger partial charge in [-0.25, -0.2) is 4.79 Å². The molecule has 6 rings (SSSR count). The lowest BCUT2D eigenvalue weighted by molar-refractivity contribution is -0.150. The lowest BCUT2D eigenvalue weighted by Gasteiger charge is -2.57. The molecule has 180 valence electrons. The van der Waals surface area contributed by atoms with Gasteiger partial charge in [0.2, 0.25) is 0 Å². The van der Waals surface area contributed by atoms with Gasteiger partial charge in [-0.15, -0.1) is 11.3 Å². The molecule has 0 radical (unpaired) electrons.